The van der Waals surface area contributed by atoms with Crippen LogP contribution in [0.3, 0.4) is 0 Å². The van der Waals surface area contributed by atoms with E-state index in [2.05, 4.69) is 9.71 Å². The first-order chi connectivity index (χ1) is 11.6. The van der Waals surface area contributed by atoms with Gasteiger partial charge < -0.3 is 4.74 Å². The molecule has 0 saturated carbocycles. The molecule has 1 N–H and O–H groups in total. The van der Waals surface area contributed by atoms with Crippen LogP contribution in [-0.2, 0) is 21.5 Å². The Morgan fingerprint density at radius 3 is 2.96 bits per heavy atom. The van der Waals surface area contributed by atoms with Gasteiger partial charge in [-0.1, -0.05) is 24.3 Å². The summed E-state index contributed by atoms with van der Waals surface area (Å²) in [5, 5.41) is 1.04. The summed E-state index contributed by atoms with van der Waals surface area (Å²) in [6.07, 6.45) is 1.87. The molecule has 6 nitrogen and oxygen atoms in total. The Hall–Kier alpha value is -1.54. The van der Waals surface area contributed by atoms with Crippen LogP contribution in [0.1, 0.15) is 18.5 Å². The van der Waals surface area contributed by atoms with Gasteiger partial charge in [-0.05, 0) is 30.9 Å². The van der Waals surface area contributed by atoms with Crippen LogP contribution in [0.25, 0.3) is 10.9 Å². The van der Waals surface area contributed by atoms with Crippen molar-refractivity contribution >= 4 is 21.1 Å². The quantitative estimate of drug-likeness (QED) is 0.865. The van der Waals surface area contributed by atoms with Crippen LogP contribution >= 0.6 is 0 Å². The lowest BCUT2D eigenvalue weighted by Gasteiger charge is -2.31. The van der Waals surface area contributed by atoms with Crippen LogP contribution in [0, 0.1) is 5.92 Å². The largest absolute Gasteiger partial charge is 0.384 e. The van der Waals surface area contributed by atoms with E-state index in [9.17, 15) is 8.42 Å². The minimum absolute atomic E-state index is 0.193. The first kappa shape index (κ1) is 17.3. The molecule has 2 heterocycles. The van der Waals surface area contributed by atoms with Gasteiger partial charge in [-0.2, -0.15) is 17.4 Å². The van der Waals surface area contributed by atoms with E-state index >= 15 is 0 Å². The fourth-order valence-electron chi connectivity index (χ4n) is 3.08. The molecule has 1 aliphatic heterocycles. The van der Waals surface area contributed by atoms with E-state index in [1.165, 1.54) is 4.31 Å². The summed E-state index contributed by atoms with van der Waals surface area (Å²) in [7, 11) is -1.85. The van der Waals surface area contributed by atoms with Gasteiger partial charge in [0.1, 0.15) is 0 Å². The zero-order chi connectivity index (χ0) is 17.0. The molecule has 0 amide bonds. The number of para-hydroxylation sites is 1. The maximum absolute atomic E-state index is 12.5. The number of ether oxygens (including phenoxy) is 1. The van der Waals surface area contributed by atoms with Crippen molar-refractivity contribution in [2.75, 3.05) is 26.8 Å². The molecule has 24 heavy (non-hydrogen) atoms. The van der Waals surface area contributed by atoms with Gasteiger partial charge in [0, 0.05) is 25.6 Å². The van der Waals surface area contributed by atoms with Crippen LogP contribution in [0.2, 0.25) is 0 Å². The number of aromatic nitrogens is 1. The Bertz CT molecular complexity index is 793. The standard InChI is InChI=1S/C17H23N3O3S/c1-23-13-14-5-4-10-20(12-14)24(21,22)18-11-16-9-8-15-6-2-3-7-17(15)19-16/h2-3,6-9,14,18H,4-5,10-13H2,1H3. The topological polar surface area (TPSA) is 71.5 Å². The molecule has 0 spiro atoms. The molecule has 1 atom stereocenters. The van der Waals surface area contributed by atoms with Gasteiger partial charge in [-0.25, -0.2) is 0 Å². The van der Waals surface area contributed by atoms with Crippen molar-refractivity contribution in [1.82, 2.24) is 14.0 Å². The third-order valence-corrected chi connectivity index (χ3v) is 5.84. The summed E-state index contributed by atoms with van der Waals surface area (Å²) in [6, 6.07) is 11.6. The second-order valence-corrected chi connectivity index (χ2v) is 7.90. The fourth-order valence-corrected chi connectivity index (χ4v) is 4.37. The van der Waals surface area contributed by atoms with E-state index in [1.807, 2.05) is 36.4 Å². The second kappa shape index (κ2) is 7.57. The van der Waals surface area contributed by atoms with E-state index in [4.69, 9.17) is 4.74 Å². The van der Waals surface area contributed by atoms with E-state index in [-0.39, 0.29) is 12.5 Å². The highest BCUT2D eigenvalue weighted by Gasteiger charge is 2.28. The molecule has 1 fully saturated rings. The predicted octanol–water partition coefficient (Wildman–Crippen LogP) is 1.93. The minimum Gasteiger partial charge on any atom is -0.384 e. The van der Waals surface area contributed by atoms with Crippen molar-refractivity contribution in [3.8, 4) is 0 Å². The number of rotatable bonds is 6. The molecular weight excluding hydrogens is 326 g/mol. The summed E-state index contributed by atoms with van der Waals surface area (Å²) in [6.45, 7) is 1.85. The van der Waals surface area contributed by atoms with Gasteiger partial charge in [0.05, 0.1) is 24.4 Å². The van der Waals surface area contributed by atoms with Crippen molar-refractivity contribution in [2.45, 2.75) is 19.4 Å². The fraction of sp³-hybridized carbons (Fsp3) is 0.471. The van der Waals surface area contributed by atoms with Crippen molar-refractivity contribution in [2.24, 2.45) is 5.92 Å². The van der Waals surface area contributed by atoms with Crippen LogP contribution < -0.4 is 4.72 Å². The average Bonchev–Trinajstić information content (AvgIpc) is 2.60. The first-order valence-electron chi connectivity index (χ1n) is 8.17. The van der Waals surface area contributed by atoms with Gasteiger partial charge in [0.15, 0.2) is 0 Å². The summed E-state index contributed by atoms with van der Waals surface area (Å²) in [5.41, 5.74) is 1.58. The highest BCUT2D eigenvalue weighted by atomic mass is 32.2. The van der Waals surface area contributed by atoms with Crippen molar-refractivity contribution < 1.29 is 13.2 Å². The molecule has 3 rings (SSSR count). The van der Waals surface area contributed by atoms with E-state index in [0.29, 0.717) is 25.4 Å². The van der Waals surface area contributed by atoms with E-state index in [1.54, 1.807) is 7.11 Å². The molecule has 1 unspecified atom stereocenters. The third kappa shape index (κ3) is 4.10. The lowest BCUT2D eigenvalue weighted by atomic mass is 10.0. The van der Waals surface area contributed by atoms with Crippen molar-refractivity contribution in [3.05, 3.63) is 42.1 Å². The maximum atomic E-state index is 12.5. The van der Waals surface area contributed by atoms with Crippen molar-refractivity contribution in [3.63, 3.8) is 0 Å². The third-order valence-electron chi connectivity index (χ3n) is 4.32. The molecule has 2 aromatic rings. The monoisotopic (exact) mass is 349 g/mol. The second-order valence-electron chi connectivity index (χ2n) is 6.14. The highest BCUT2D eigenvalue weighted by molar-refractivity contribution is 7.87. The normalized spacial score (nSPS) is 19.6. The number of methoxy groups -OCH3 is 1. The molecule has 0 bridgehead atoms. The molecule has 1 saturated heterocycles. The number of nitrogens with one attached hydrogen (secondary N) is 1. The molecule has 1 aromatic heterocycles. The maximum Gasteiger partial charge on any atom is 0.279 e. The smallest absolute Gasteiger partial charge is 0.279 e. The number of benzene rings is 1. The SMILES string of the molecule is COCC1CCCN(S(=O)(=O)NCc2ccc3ccccc3n2)C1. The lowest BCUT2D eigenvalue weighted by molar-refractivity contribution is 0.118. The van der Waals surface area contributed by atoms with Gasteiger partial charge in [-0.3, -0.25) is 4.98 Å². The molecule has 0 aliphatic carbocycles. The number of hydrogen-bond acceptors (Lipinski definition) is 4. The van der Waals surface area contributed by atoms with Gasteiger partial charge in [0.25, 0.3) is 10.2 Å². The van der Waals surface area contributed by atoms with Crippen LogP contribution in [0.4, 0.5) is 0 Å². The molecule has 1 aliphatic rings. The first-order valence-corrected chi connectivity index (χ1v) is 9.61. The van der Waals surface area contributed by atoms with Crippen molar-refractivity contribution in [1.29, 1.82) is 0 Å². The van der Waals surface area contributed by atoms with Crippen LogP contribution in [0.5, 0.6) is 0 Å². The Morgan fingerprint density at radius 1 is 1.29 bits per heavy atom. The van der Waals surface area contributed by atoms with E-state index < -0.39 is 10.2 Å². The molecule has 1 aromatic carbocycles. The number of pyridine rings is 1. The molecule has 130 valence electrons. The Balaban J connectivity index is 1.65. The van der Waals surface area contributed by atoms with Gasteiger partial charge >= 0.3 is 0 Å². The Labute approximate surface area is 143 Å². The summed E-state index contributed by atoms with van der Waals surface area (Å²) in [4.78, 5) is 4.50. The highest BCUT2D eigenvalue weighted by Crippen LogP contribution is 2.19. The predicted molar refractivity (Wildman–Crippen MR) is 93.7 cm³/mol. The lowest BCUT2D eigenvalue weighted by Crippen LogP contribution is -2.46. The Kier molecular flexibility index (Phi) is 5.45. The Morgan fingerprint density at radius 2 is 2.12 bits per heavy atom. The molecular formula is C17H23N3O3S. The van der Waals surface area contributed by atoms with Crippen LogP contribution in [-0.4, -0.2) is 44.5 Å². The average molecular weight is 349 g/mol. The van der Waals surface area contributed by atoms with Crippen LogP contribution in [0.15, 0.2) is 36.4 Å². The summed E-state index contributed by atoms with van der Waals surface area (Å²) >= 11 is 0. The zero-order valence-corrected chi connectivity index (χ0v) is 14.6. The minimum atomic E-state index is -3.50. The zero-order valence-electron chi connectivity index (χ0n) is 13.8. The summed E-state index contributed by atoms with van der Waals surface area (Å²) < 4.78 is 34.4. The molecule has 0 radical (unpaired) electrons. The molecule has 7 heteroatoms. The number of nitrogens with zero attached hydrogens (tertiary/aromatic N) is 2. The number of fused-ring (bicyclic) bond motifs is 1. The van der Waals surface area contributed by atoms with Gasteiger partial charge in [-0.15, -0.1) is 0 Å². The number of hydrogen-bond donors (Lipinski definition) is 1. The summed E-state index contributed by atoms with van der Waals surface area (Å²) in [5.74, 6) is 0.263. The van der Waals surface area contributed by atoms with Gasteiger partial charge in [0.2, 0.25) is 0 Å². The van der Waals surface area contributed by atoms with E-state index in [0.717, 1.165) is 23.7 Å². The number of piperidine rings is 1.